The van der Waals surface area contributed by atoms with Gasteiger partial charge in [-0.2, -0.15) is 0 Å². The van der Waals surface area contributed by atoms with Gasteiger partial charge in [0.1, 0.15) is 18.2 Å². The van der Waals surface area contributed by atoms with Crippen LogP contribution in [0.2, 0.25) is 5.02 Å². The Kier molecular flexibility index (Phi) is 4.90. The zero-order valence-electron chi connectivity index (χ0n) is 13.4. The van der Waals surface area contributed by atoms with E-state index in [2.05, 4.69) is 10.6 Å². The lowest BCUT2D eigenvalue weighted by Crippen LogP contribution is -2.32. The number of ether oxygens (including phenoxy) is 1. The van der Waals surface area contributed by atoms with Crippen LogP contribution in [0.5, 0.6) is 5.75 Å². The highest BCUT2D eigenvalue weighted by molar-refractivity contribution is 6.30. The van der Waals surface area contributed by atoms with E-state index in [1.807, 2.05) is 0 Å². The van der Waals surface area contributed by atoms with E-state index >= 15 is 0 Å². The van der Waals surface area contributed by atoms with E-state index < -0.39 is 11.7 Å². The molecule has 1 aliphatic rings. The van der Waals surface area contributed by atoms with Crippen LogP contribution < -0.4 is 15.4 Å². The van der Waals surface area contributed by atoms with Gasteiger partial charge in [0.2, 0.25) is 11.8 Å². The number of carbonyl (C=O) groups excluding carboxylic acids is 2. The molecule has 1 heterocycles. The molecule has 0 aliphatic carbocycles. The fraction of sp³-hybridized carbons (Fsp3) is 0.222. The first-order chi connectivity index (χ1) is 11.9. The summed E-state index contributed by atoms with van der Waals surface area (Å²) in [4.78, 5) is 23.6. The lowest BCUT2D eigenvalue weighted by atomic mass is 9.96. The van der Waals surface area contributed by atoms with E-state index in [9.17, 15) is 14.0 Å². The number of nitrogens with one attached hydrogen (secondary N) is 2. The van der Waals surface area contributed by atoms with Crippen molar-refractivity contribution in [2.24, 2.45) is 5.92 Å². The number of amides is 2. The molecule has 0 saturated carbocycles. The fourth-order valence-corrected chi connectivity index (χ4v) is 2.86. The molecule has 2 N–H and O–H groups in total. The summed E-state index contributed by atoms with van der Waals surface area (Å²) in [6.45, 7) is 1.55. The maximum atomic E-state index is 14.0. The van der Waals surface area contributed by atoms with Crippen LogP contribution in [0.25, 0.3) is 0 Å². The van der Waals surface area contributed by atoms with Gasteiger partial charge in [0.15, 0.2) is 0 Å². The lowest BCUT2D eigenvalue weighted by Gasteiger charge is -2.25. The van der Waals surface area contributed by atoms with Crippen LogP contribution >= 0.6 is 11.6 Å². The van der Waals surface area contributed by atoms with E-state index in [0.29, 0.717) is 22.9 Å². The average Bonchev–Trinajstić information content (AvgIpc) is 2.56. The summed E-state index contributed by atoms with van der Waals surface area (Å²) >= 11 is 5.97. The number of hydrogen-bond acceptors (Lipinski definition) is 3. The maximum absolute atomic E-state index is 14.0. The molecule has 1 aliphatic heterocycles. The average molecular weight is 363 g/mol. The molecule has 7 heteroatoms. The normalized spacial score (nSPS) is 15.7. The van der Waals surface area contributed by atoms with Crippen LogP contribution in [-0.4, -0.2) is 18.4 Å². The molecule has 0 saturated heterocycles. The first-order valence-corrected chi connectivity index (χ1v) is 8.09. The number of rotatable bonds is 3. The molecule has 0 fully saturated rings. The van der Waals surface area contributed by atoms with Crippen molar-refractivity contribution in [1.29, 1.82) is 0 Å². The Bertz CT molecular complexity index is 841. The van der Waals surface area contributed by atoms with Crippen molar-refractivity contribution in [3.8, 4) is 5.75 Å². The standard InChI is InChI=1S/C18H16ClFN2O3/c1-10(23)21-14-3-4-15(20)16(8-14)22-18(24)12-6-11-7-13(19)2-5-17(11)25-9-12/h2-5,7-8,12H,6,9H2,1H3,(H,21,23)(H,22,24). The lowest BCUT2D eigenvalue weighted by molar-refractivity contribution is -0.121. The molecule has 25 heavy (non-hydrogen) atoms. The second kappa shape index (κ2) is 7.11. The molecule has 3 rings (SSSR count). The fourth-order valence-electron chi connectivity index (χ4n) is 2.67. The molecule has 0 radical (unpaired) electrons. The minimum absolute atomic E-state index is 0.00754. The van der Waals surface area contributed by atoms with E-state index in [1.165, 1.54) is 25.1 Å². The quantitative estimate of drug-likeness (QED) is 0.876. The highest BCUT2D eigenvalue weighted by Crippen LogP contribution is 2.30. The van der Waals surface area contributed by atoms with E-state index in [1.54, 1.807) is 18.2 Å². The SMILES string of the molecule is CC(=O)Nc1ccc(F)c(NC(=O)C2COc3ccc(Cl)cc3C2)c1. The Balaban J connectivity index is 1.73. The Morgan fingerprint density at radius 3 is 2.76 bits per heavy atom. The summed E-state index contributed by atoms with van der Waals surface area (Å²) in [7, 11) is 0. The first-order valence-electron chi connectivity index (χ1n) is 7.71. The topological polar surface area (TPSA) is 67.4 Å². The predicted octanol–water partition coefficient (Wildman–Crippen LogP) is 3.63. The number of benzene rings is 2. The van der Waals surface area contributed by atoms with Crippen LogP contribution in [0.4, 0.5) is 15.8 Å². The molecule has 130 valence electrons. The van der Waals surface area contributed by atoms with Gasteiger partial charge in [-0.05, 0) is 48.4 Å². The van der Waals surface area contributed by atoms with Gasteiger partial charge in [-0.25, -0.2) is 4.39 Å². The number of anilines is 2. The largest absolute Gasteiger partial charge is 0.492 e. The van der Waals surface area contributed by atoms with Crippen LogP contribution in [0.3, 0.4) is 0 Å². The van der Waals surface area contributed by atoms with Gasteiger partial charge in [0.25, 0.3) is 0 Å². The second-order valence-corrected chi connectivity index (χ2v) is 6.27. The third-order valence-electron chi connectivity index (χ3n) is 3.84. The van der Waals surface area contributed by atoms with Crippen molar-refractivity contribution in [3.63, 3.8) is 0 Å². The third kappa shape index (κ3) is 4.09. The van der Waals surface area contributed by atoms with Gasteiger partial charge < -0.3 is 15.4 Å². The molecule has 2 aromatic rings. The van der Waals surface area contributed by atoms with Gasteiger partial charge in [0.05, 0.1) is 11.6 Å². The summed E-state index contributed by atoms with van der Waals surface area (Å²) in [6.07, 6.45) is 0.453. The summed E-state index contributed by atoms with van der Waals surface area (Å²) in [5.41, 5.74) is 1.25. The summed E-state index contributed by atoms with van der Waals surface area (Å²) in [6, 6.07) is 9.24. The van der Waals surface area contributed by atoms with Gasteiger partial charge in [-0.15, -0.1) is 0 Å². The van der Waals surface area contributed by atoms with Crippen molar-refractivity contribution >= 4 is 34.8 Å². The number of hydrogen-bond donors (Lipinski definition) is 2. The van der Waals surface area contributed by atoms with E-state index in [-0.39, 0.29) is 24.1 Å². The van der Waals surface area contributed by atoms with Crippen molar-refractivity contribution in [2.75, 3.05) is 17.2 Å². The summed E-state index contributed by atoms with van der Waals surface area (Å²) in [5.74, 6) is -0.979. The molecular formula is C18H16ClFN2O3. The smallest absolute Gasteiger partial charge is 0.231 e. The Morgan fingerprint density at radius 1 is 1.20 bits per heavy atom. The van der Waals surface area contributed by atoms with E-state index in [4.69, 9.17) is 16.3 Å². The van der Waals surface area contributed by atoms with Crippen molar-refractivity contribution in [1.82, 2.24) is 0 Å². The predicted molar refractivity (Wildman–Crippen MR) is 93.5 cm³/mol. The zero-order chi connectivity index (χ0) is 18.0. The van der Waals surface area contributed by atoms with E-state index in [0.717, 1.165) is 5.56 Å². The number of fused-ring (bicyclic) bond motifs is 1. The molecule has 0 spiro atoms. The third-order valence-corrected chi connectivity index (χ3v) is 4.08. The van der Waals surface area contributed by atoms with Gasteiger partial charge >= 0.3 is 0 Å². The molecule has 5 nitrogen and oxygen atoms in total. The zero-order valence-corrected chi connectivity index (χ0v) is 14.2. The molecule has 2 aromatic carbocycles. The molecule has 1 unspecified atom stereocenters. The minimum atomic E-state index is -0.581. The van der Waals surface area contributed by atoms with Crippen LogP contribution in [-0.2, 0) is 16.0 Å². The highest BCUT2D eigenvalue weighted by atomic mass is 35.5. The van der Waals surface area contributed by atoms with Gasteiger partial charge in [-0.3, -0.25) is 9.59 Å². The summed E-state index contributed by atoms with van der Waals surface area (Å²) in [5, 5.41) is 5.68. The molecular weight excluding hydrogens is 347 g/mol. The van der Waals surface area contributed by atoms with Crippen LogP contribution in [0, 0.1) is 11.7 Å². The molecule has 0 aromatic heterocycles. The van der Waals surface area contributed by atoms with Crippen LogP contribution in [0.1, 0.15) is 12.5 Å². The monoisotopic (exact) mass is 362 g/mol. The van der Waals surface area contributed by atoms with Gasteiger partial charge in [-0.1, -0.05) is 11.6 Å². The number of halogens is 2. The molecule has 0 bridgehead atoms. The van der Waals surface area contributed by atoms with Gasteiger partial charge in [0, 0.05) is 17.6 Å². The van der Waals surface area contributed by atoms with Crippen molar-refractivity contribution in [2.45, 2.75) is 13.3 Å². The Morgan fingerprint density at radius 2 is 2.00 bits per heavy atom. The molecule has 2 amide bonds. The van der Waals surface area contributed by atoms with Crippen molar-refractivity contribution < 1.29 is 18.7 Å². The summed E-state index contributed by atoms with van der Waals surface area (Å²) < 4.78 is 19.5. The number of carbonyl (C=O) groups is 2. The molecule has 1 atom stereocenters. The maximum Gasteiger partial charge on any atom is 0.231 e. The first kappa shape index (κ1) is 17.2. The highest BCUT2D eigenvalue weighted by Gasteiger charge is 2.26. The van der Waals surface area contributed by atoms with Crippen LogP contribution in [0.15, 0.2) is 36.4 Å². The van der Waals surface area contributed by atoms with Crippen molar-refractivity contribution in [3.05, 3.63) is 52.8 Å². The second-order valence-electron chi connectivity index (χ2n) is 5.83. The minimum Gasteiger partial charge on any atom is -0.492 e. The Hall–Kier alpha value is -2.60. The Labute approximate surface area is 149 Å².